The number of nitrogens with zero attached hydrogens (tertiary/aromatic N) is 1. The third-order valence-electron chi connectivity index (χ3n) is 2.11. The van der Waals surface area contributed by atoms with Crippen LogP contribution in [0, 0.1) is 11.3 Å². The number of benzene rings is 1. The number of aliphatic hydroxyl groups is 1. The van der Waals surface area contributed by atoms with Crippen LogP contribution in [0.15, 0.2) is 18.2 Å². The summed E-state index contributed by atoms with van der Waals surface area (Å²) in [4.78, 5) is 0. The fourth-order valence-electron chi connectivity index (χ4n) is 1.30. The van der Waals surface area contributed by atoms with Gasteiger partial charge < -0.3 is 10.4 Å². The van der Waals surface area contributed by atoms with Gasteiger partial charge in [0.1, 0.15) is 0 Å². The van der Waals surface area contributed by atoms with Crippen molar-refractivity contribution in [3.05, 3.63) is 29.3 Å². The summed E-state index contributed by atoms with van der Waals surface area (Å²) in [6.07, 6.45) is -4.10. The first-order valence-corrected chi connectivity index (χ1v) is 4.95. The van der Waals surface area contributed by atoms with Gasteiger partial charge in [-0.15, -0.1) is 0 Å². The van der Waals surface area contributed by atoms with Crippen molar-refractivity contribution in [2.75, 3.05) is 18.5 Å². The predicted molar refractivity (Wildman–Crippen MR) is 56.4 cm³/mol. The summed E-state index contributed by atoms with van der Waals surface area (Å²) in [5.41, 5.74) is -1.07. The van der Waals surface area contributed by atoms with Crippen LogP contribution in [0.25, 0.3) is 0 Å². The van der Waals surface area contributed by atoms with E-state index in [1.165, 1.54) is 12.1 Å². The second kappa shape index (κ2) is 5.55. The Hall–Kier alpha value is -1.74. The summed E-state index contributed by atoms with van der Waals surface area (Å²) in [6.45, 7) is 0.342. The minimum Gasteiger partial charge on any atom is -0.396 e. The lowest BCUT2D eigenvalue weighted by Crippen LogP contribution is -2.10. The van der Waals surface area contributed by atoms with Gasteiger partial charge in [0.25, 0.3) is 0 Å². The normalized spacial score (nSPS) is 11.0. The topological polar surface area (TPSA) is 56.0 Å². The molecule has 2 N–H and O–H groups in total. The highest BCUT2D eigenvalue weighted by Gasteiger charge is 2.33. The van der Waals surface area contributed by atoms with Crippen molar-refractivity contribution >= 4 is 5.69 Å². The molecule has 0 bridgehead atoms. The highest BCUT2D eigenvalue weighted by molar-refractivity contribution is 5.53. The third kappa shape index (κ3) is 3.64. The number of aliphatic hydroxyl groups excluding tert-OH is 1. The molecule has 0 radical (unpaired) electrons. The van der Waals surface area contributed by atoms with Crippen LogP contribution in [0.5, 0.6) is 0 Å². The van der Waals surface area contributed by atoms with Crippen LogP contribution < -0.4 is 5.32 Å². The average Bonchev–Trinajstić information content (AvgIpc) is 2.28. The number of rotatable bonds is 4. The lowest BCUT2D eigenvalue weighted by Gasteiger charge is -2.11. The molecule has 6 heteroatoms. The maximum absolute atomic E-state index is 12.6. The monoisotopic (exact) mass is 244 g/mol. The summed E-state index contributed by atoms with van der Waals surface area (Å²) in [5.74, 6) is 0. The van der Waals surface area contributed by atoms with Gasteiger partial charge >= 0.3 is 6.18 Å². The summed E-state index contributed by atoms with van der Waals surface area (Å²) in [5, 5.41) is 19.9. The molecule has 0 aromatic heterocycles. The molecule has 92 valence electrons. The SMILES string of the molecule is N#Cc1ccc(NCCCO)cc1C(F)(F)F. The molecule has 17 heavy (non-hydrogen) atoms. The van der Waals surface area contributed by atoms with Crippen LogP contribution in [0.4, 0.5) is 18.9 Å². The molecule has 3 nitrogen and oxygen atoms in total. The number of anilines is 1. The minimum absolute atomic E-state index is 0.0323. The largest absolute Gasteiger partial charge is 0.417 e. The number of nitriles is 1. The van der Waals surface area contributed by atoms with E-state index in [9.17, 15) is 13.2 Å². The van der Waals surface area contributed by atoms with Crippen LogP contribution in [0.1, 0.15) is 17.5 Å². The standard InChI is InChI=1S/C11H11F3N2O/c12-11(13,14)10-6-9(16-4-1-5-17)3-2-8(10)7-15/h2-3,6,16-17H,1,4-5H2. The zero-order chi connectivity index (χ0) is 12.9. The van der Waals surface area contributed by atoms with E-state index in [4.69, 9.17) is 10.4 Å². The van der Waals surface area contributed by atoms with E-state index in [0.717, 1.165) is 12.1 Å². The Bertz CT molecular complexity index is 424. The maximum atomic E-state index is 12.6. The molecule has 0 spiro atoms. The predicted octanol–water partition coefficient (Wildman–Crippen LogP) is 2.37. The van der Waals surface area contributed by atoms with E-state index in [0.29, 0.717) is 13.0 Å². The molecule has 0 unspecified atom stereocenters. The molecular weight excluding hydrogens is 233 g/mol. The molecule has 0 aliphatic carbocycles. The van der Waals surface area contributed by atoms with Crippen LogP contribution in [-0.4, -0.2) is 18.3 Å². The number of nitrogens with one attached hydrogen (secondary N) is 1. The molecule has 0 heterocycles. The lowest BCUT2D eigenvalue weighted by molar-refractivity contribution is -0.137. The molecule has 1 aromatic rings. The Morgan fingerprint density at radius 1 is 1.35 bits per heavy atom. The van der Waals surface area contributed by atoms with Gasteiger partial charge in [0.05, 0.1) is 17.2 Å². The molecule has 0 aliphatic heterocycles. The highest BCUT2D eigenvalue weighted by Crippen LogP contribution is 2.33. The van der Waals surface area contributed by atoms with E-state index in [-0.39, 0.29) is 12.3 Å². The Labute approximate surface area is 96.5 Å². The molecule has 0 saturated heterocycles. The minimum atomic E-state index is -4.54. The number of halogens is 3. The van der Waals surface area contributed by atoms with E-state index < -0.39 is 17.3 Å². The van der Waals surface area contributed by atoms with Crippen LogP contribution in [0.2, 0.25) is 0 Å². The van der Waals surface area contributed by atoms with Crippen molar-refractivity contribution in [3.63, 3.8) is 0 Å². The van der Waals surface area contributed by atoms with Crippen LogP contribution in [-0.2, 0) is 6.18 Å². The number of alkyl halides is 3. The summed E-state index contributed by atoms with van der Waals surface area (Å²) >= 11 is 0. The van der Waals surface area contributed by atoms with Crippen molar-refractivity contribution in [3.8, 4) is 6.07 Å². The smallest absolute Gasteiger partial charge is 0.396 e. The van der Waals surface area contributed by atoms with Crippen LogP contribution in [0.3, 0.4) is 0 Å². The fourth-order valence-corrected chi connectivity index (χ4v) is 1.30. The molecule has 0 amide bonds. The van der Waals surface area contributed by atoms with E-state index in [1.807, 2.05) is 0 Å². The molecule has 0 atom stereocenters. The van der Waals surface area contributed by atoms with Crippen molar-refractivity contribution < 1.29 is 18.3 Å². The summed E-state index contributed by atoms with van der Waals surface area (Å²) in [6, 6.07) is 4.94. The molecule has 0 saturated carbocycles. The fraction of sp³-hybridized carbons (Fsp3) is 0.364. The number of hydrogen-bond donors (Lipinski definition) is 2. The Kier molecular flexibility index (Phi) is 4.35. The number of hydrogen-bond acceptors (Lipinski definition) is 3. The van der Waals surface area contributed by atoms with Gasteiger partial charge in [-0.3, -0.25) is 0 Å². The zero-order valence-corrected chi connectivity index (χ0v) is 8.88. The van der Waals surface area contributed by atoms with Crippen molar-refractivity contribution in [1.29, 1.82) is 5.26 Å². The van der Waals surface area contributed by atoms with Gasteiger partial charge in [-0.05, 0) is 24.6 Å². The van der Waals surface area contributed by atoms with E-state index in [1.54, 1.807) is 0 Å². The first kappa shape index (κ1) is 13.3. The third-order valence-corrected chi connectivity index (χ3v) is 2.11. The van der Waals surface area contributed by atoms with Gasteiger partial charge in [0.2, 0.25) is 0 Å². The molecule has 1 rings (SSSR count). The van der Waals surface area contributed by atoms with Crippen molar-refractivity contribution in [2.24, 2.45) is 0 Å². The Morgan fingerprint density at radius 2 is 2.06 bits per heavy atom. The maximum Gasteiger partial charge on any atom is 0.417 e. The Morgan fingerprint density at radius 3 is 2.59 bits per heavy atom. The van der Waals surface area contributed by atoms with Crippen molar-refractivity contribution in [2.45, 2.75) is 12.6 Å². The first-order chi connectivity index (χ1) is 7.99. The summed E-state index contributed by atoms with van der Waals surface area (Å²) < 4.78 is 37.8. The molecule has 0 fully saturated rings. The summed E-state index contributed by atoms with van der Waals surface area (Å²) in [7, 11) is 0. The Balaban J connectivity index is 2.94. The lowest BCUT2D eigenvalue weighted by atomic mass is 10.1. The first-order valence-electron chi connectivity index (χ1n) is 4.95. The van der Waals surface area contributed by atoms with Crippen LogP contribution >= 0.6 is 0 Å². The van der Waals surface area contributed by atoms with Crippen molar-refractivity contribution in [1.82, 2.24) is 0 Å². The van der Waals surface area contributed by atoms with E-state index in [2.05, 4.69) is 5.32 Å². The average molecular weight is 244 g/mol. The molecule has 0 aliphatic rings. The zero-order valence-electron chi connectivity index (χ0n) is 8.88. The van der Waals surface area contributed by atoms with Gasteiger partial charge in [0.15, 0.2) is 0 Å². The quantitative estimate of drug-likeness (QED) is 0.799. The second-order valence-electron chi connectivity index (χ2n) is 3.37. The molecular formula is C11H11F3N2O. The van der Waals surface area contributed by atoms with Gasteiger partial charge in [-0.1, -0.05) is 0 Å². The van der Waals surface area contributed by atoms with Gasteiger partial charge in [0, 0.05) is 18.8 Å². The molecule has 1 aromatic carbocycles. The van der Waals surface area contributed by atoms with E-state index >= 15 is 0 Å². The highest BCUT2D eigenvalue weighted by atomic mass is 19.4. The van der Waals surface area contributed by atoms with Gasteiger partial charge in [-0.25, -0.2) is 0 Å². The van der Waals surface area contributed by atoms with Gasteiger partial charge in [-0.2, -0.15) is 18.4 Å². The second-order valence-corrected chi connectivity index (χ2v) is 3.37.